The van der Waals surface area contributed by atoms with Crippen molar-refractivity contribution in [2.24, 2.45) is 0 Å². The van der Waals surface area contributed by atoms with Crippen LogP contribution in [-0.4, -0.2) is 31.2 Å². The molecule has 1 aromatic carbocycles. The van der Waals surface area contributed by atoms with Crippen molar-refractivity contribution in [2.75, 3.05) is 11.9 Å². The van der Waals surface area contributed by atoms with Gasteiger partial charge in [0.1, 0.15) is 10.2 Å². The molecule has 29 heavy (non-hydrogen) atoms. The van der Waals surface area contributed by atoms with Gasteiger partial charge in [-0.2, -0.15) is 10.2 Å². The molecule has 11 heteroatoms. The molecule has 0 bridgehead atoms. The second-order valence-corrected chi connectivity index (χ2v) is 8.30. The molecule has 0 unspecified atom stereocenters. The van der Waals surface area contributed by atoms with E-state index in [2.05, 4.69) is 20.8 Å². The van der Waals surface area contributed by atoms with Crippen molar-refractivity contribution in [3.05, 3.63) is 62.1 Å². The Labute approximate surface area is 194 Å². The molecule has 2 heterocycles. The summed E-state index contributed by atoms with van der Waals surface area (Å²) < 4.78 is 3.45. The Kier molecular flexibility index (Phi) is 7.65. The van der Waals surface area contributed by atoms with E-state index in [4.69, 9.17) is 58.6 Å². The average molecular weight is 492 g/mol. The molecule has 2 aromatic heterocycles. The predicted molar refractivity (Wildman–Crippen MR) is 124 cm³/mol. The van der Waals surface area contributed by atoms with Gasteiger partial charge in [-0.1, -0.05) is 52.5 Å². The van der Waals surface area contributed by atoms with Crippen molar-refractivity contribution < 1.29 is 0 Å². The lowest BCUT2D eigenvalue weighted by atomic mass is 10.2. The van der Waals surface area contributed by atoms with Gasteiger partial charge in [-0.3, -0.25) is 9.36 Å². The van der Waals surface area contributed by atoms with Gasteiger partial charge in [0.2, 0.25) is 0 Å². The Morgan fingerprint density at radius 2 is 2.00 bits per heavy atom. The molecule has 0 saturated heterocycles. The number of benzene rings is 1. The van der Waals surface area contributed by atoms with Gasteiger partial charge in [-0.25, -0.2) is 0 Å². The Hall–Kier alpha value is -1.51. The van der Waals surface area contributed by atoms with Gasteiger partial charge < -0.3 is 10.6 Å². The highest BCUT2D eigenvalue weighted by Crippen LogP contribution is 2.25. The molecule has 3 aromatic rings. The van der Waals surface area contributed by atoms with Crippen LogP contribution in [0, 0.1) is 6.92 Å². The summed E-state index contributed by atoms with van der Waals surface area (Å²) in [6.45, 7) is 3.66. The van der Waals surface area contributed by atoms with E-state index in [1.807, 2.05) is 19.2 Å². The van der Waals surface area contributed by atoms with Crippen LogP contribution in [0.2, 0.25) is 20.2 Å². The number of thiocarbonyl (C=S) groups is 1. The fourth-order valence-corrected chi connectivity index (χ4v) is 3.71. The molecular formula is C18H18Cl4N6S. The van der Waals surface area contributed by atoms with E-state index in [-0.39, 0.29) is 0 Å². The third-order valence-corrected chi connectivity index (χ3v) is 5.83. The molecule has 3 rings (SSSR count). The summed E-state index contributed by atoms with van der Waals surface area (Å²) >= 11 is 29.6. The smallest absolute Gasteiger partial charge is 0.170 e. The molecule has 0 fully saturated rings. The fraction of sp³-hybridized carbons (Fsp3) is 0.278. The highest BCUT2D eigenvalue weighted by molar-refractivity contribution is 7.80. The van der Waals surface area contributed by atoms with Crippen molar-refractivity contribution in [1.82, 2.24) is 24.9 Å². The minimum absolute atomic E-state index is 0.457. The van der Waals surface area contributed by atoms with Crippen LogP contribution in [-0.2, 0) is 13.1 Å². The quantitative estimate of drug-likeness (QED) is 0.341. The Balaban J connectivity index is 1.44. The standard InChI is InChI=1S/C18H18Cl4N6S/c1-11-16(21)17(22)28(26-11)6-2-5-23-18(29)25-14-8-24-27(10-14)9-12-3-4-13(19)7-15(12)20/h3-4,7-8,10H,2,5-6,9H2,1H3,(H2,23,25,29). The van der Waals surface area contributed by atoms with E-state index in [0.29, 0.717) is 45.0 Å². The first-order chi connectivity index (χ1) is 13.8. The van der Waals surface area contributed by atoms with Gasteiger partial charge in [0.25, 0.3) is 0 Å². The number of halogens is 4. The van der Waals surface area contributed by atoms with Crippen molar-refractivity contribution in [1.29, 1.82) is 0 Å². The molecule has 2 N–H and O–H groups in total. The van der Waals surface area contributed by atoms with E-state index in [0.717, 1.165) is 23.4 Å². The van der Waals surface area contributed by atoms with Crippen molar-refractivity contribution in [3.8, 4) is 0 Å². The zero-order valence-electron chi connectivity index (χ0n) is 15.4. The topological polar surface area (TPSA) is 59.7 Å². The van der Waals surface area contributed by atoms with E-state index in [1.165, 1.54) is 0 Å². The van der Waals surface area contributed by atoms with Crippen molar-refractivity contribution in [3.63, 3.8) is 0 Å². The van der Waals surface area contributed by atoms with Gasteiger partial charge in [0, 0.05) is 29.3 Å². The second-order valence-electron chi connectivity index (χ2n) is 6.31. The third kappa shape index (κ3) is 5.99. The first kappa shape index (κ1) is 22.2. The maximum Gasteiger partial charge on any atom is 0.170 e. The van der Waals surface area contributed by atoms with E-state index < -0.39 is 0 Å². The molecule has 0 saturated carbocycles. The average Bonchev–Trinajstić information content (AvgIpc) is 3.21. The van der Waals surface area contributed by atoms with Crippen LogP contribution in [0.25, 0.3) is 0 Å². The van der Waals surface area contributed by atoms with Crippen LogP contribution < -0.4 is 10.6 Å². The summed E-state index contributed by atoms with van der Waals surface area (Å²) in [5.41, 5.74) is 2.43. The van der Waals surface area contributed by atoms with Crippen LogP contribution in [0.4, 0.5) is 5.69 Å². The minimum atomic E-state index is 0.457. The maximum absolute atomic E-state index is 6.21. The lowest BCUT2D eigenvalue weighted by Crippen LogP contribution is -2.29. The Morgan fingerprint density at radius 3 is 2.69 bits per heavy atom. The summed E-state index contributed by atoms with van der Waals surface area (Å²) in [4.78, 5) is 0. The molecule has 0 atom stereocenters. The van der Waals surface area contributed by atoms with Crippen LogP contribution in [0.15, 0.2) is 30.6 Å². The Morgan fingerprint density at radius 1 is 1.21 bits per heavy atom. The monoisotopic (exact) mass is 490 g/mol. The summed E-state index contributed by atoms with van der Waals surface area (Å²) in [6.07, 6.45) is 4.34. The summed E-state index contributed by atoms with van der Waals surface area (Å²) in [6, 6.07) is 5.40. The molecule has 0 aliphatic rings. The first-order valence-electron chi connectivity index (χ1n) is 8.73. The van der Waals surface area contributed by atoms with Crippen LogP contribution in [0.3, 0.4) is 0 Å². The predicted octanol–water partition coefficient (Wildman–Crippen LogP) is 5.43. The van der Waals surface area contributed by atoms with Crippen LogP contribution >= 0.6 is 58.6 Å². The van der Waals surface area contributed by atoms with E-state index in [9.17, 15) is 0 Å². The molecule has 6 nitrogen and oxygen atoms in total. The summed E-state index contributed by atoms with van der Waals surface area (Å²) in [5, 5.41) is 17.5. The second kappa shape index (κ2) is 10.00. The maximum atomic E-state index is 6.21. The van der Waals surface area contributed by atoms with E-state index in [1.54, 1.807) is 27.7 Å². The number of aromatic nitrogens is 4. The van der Waals surface area contributed by atoms with Crippen molar-refractivity contribution in [2.45, 2.75) is 26.4 Å². The van der Waals surface area contributed by atoms with E-state index >= 15 is 0 Å². The zero-order chi connectivity index (χ0) is 21.0. The van der Waals surface area contributed by atoms with Gasteiger partial charge in [0.15, 0.2) is 5.11 Å². The fourth-order valence-electron chi connectivity index (χ4n) is 2.62. The lowest BCUT2D eigenvalue weighted by Gasteiger charge is -2.09. The number of anilines is 1. The summed E-state index contributed by atoms with van der Waals surface area (Å²) in [7, 11) is 0. The first-order valence-corrected chi connectivity index (χ1v) is 10.6. The normalized spacial score (nSPS) is 10.9. The molecule has 0 radical (unpaired) electrons. The lowest BCUT2D eigenvalue weighted by molar-refractivity contribution is 0.571. The molecule has 0 aliphatic heterocycles. The summed E-state index contributed by atoms with van der Waals surface area (Å²) in [5.74, 6) is 0. The van der Waals surface area contributed by atoms with Crippen molar-refractivity contribution >= 4 is 69.4 Å². The van der Waals surface area contributed by atoms with Gasteiger partial charge in [-0.15, -0.1) is 0 Å². The van der Waals surface area contributed by atoms with Gasteiger partial charge in [0.05, 0.1) is 24.1 Å². The number of nitrogens with zero attached hydrogens (tertiary/aromatic N) is 4. The molecule has 0 spiro atoms. The number of rotatable bonds is 7. The SMILES string of the molecule is Cc1nn(CCCNC(=S)Nc2cnn(Cc3ccc(Cl)cc3Cl)c2)c(Cl)c1Cl. The van der Waals surface area contributed by atoms with Crippen LogP contribution in [0.1, 0.15) is 17.7 Å². The zero-order valence-corrected chi connectivity index (χ0v) is 19.3. The molecule has 154 valence electrons. The van der Waals surface area contributed by atoms with Gasteiger partial charge >= 0.3 is 0 Å². The minimum Gasteiger partial charge on any atom is -0.362 e. The highest BCUT2D eigenvalue weighted by atomic mass is 35.5. The molecule has 0 amide bonds. The number of hydrogen-bond donors (Lipinski definition) is 2. The van der Waals surface area contributed by atoms with Crippen LogP contribution in [0.5, 0.6) is 0 Å². The molecule has 0 aliphatic carbocycles. The number of aryl methyl sites for hydroxylation is 2. The third-order valence-electron chi connectivity index (χ3n) is 4.07. The largest absolute Gasteiger partial charge is 0.362 e. The number of hydrogen-bond acceptors (Lipinski definition) is 3. The van der Waals surface area contributed by atoms with Gasteiger partial charge in [-0.05, 0) is 43.3 Å². The molecular weight excluding hydrogens is 474 g/mol. The Bertz CT molecular complexity index is 1020. The highest BCUT2D eigenvalue weighted by Gasteiger charge is 2.10. The number of nitrogens with one attached hydrogen (secondary N) is 2.